The Hall–Kier alpha value is -0.570. The molecule has 1 fully saturated rings. The Bertz CT molecular complexity index is 247. The summed E-state index contributed by atoms with van der Waals surface area (Å²) in [5, 5.41) is 8.86. The third-order valence-electron chi connectivity index (χ3n) is 3.80. The molecule has 1 heterocycles. The molecule has 0 radical (unpaired) electrons. The molecule has 2 rings (SSSR count). The number of nitrogens with zero attached hydrogens (tertiary/aromatic N) is 1. The molecule has 0 aromatic rings. The largest absolute Gasteiger partial charge is 0.290 e. The molecule has 1 aliphatic carbocycles. The average molecular weight is 182 g/mol. The molecular formula is C10H18N2O. The van der Waals surface area contributed by atoms with Crippen LogP contribution in [0, 0.1) is 17.3 Å². The lowest BCUT2D eigenvalue weighted by molar-refractivity contribution is 0.230. The number of hydrogen-bond acceptors (Lipinski definition) is 3. The highest BCUT2D eigenvalue weighted by atomic mass is 16.5. The standard InChI is InChI=1S/C10H18N2O/c1-6-4-7-8(10(7,2)3)5-9(11-6)12-13/h6-8,13H,4-5H2,1-3H3,(H,11,12). The van der Waals surface area contributed by atoms with Crippen molar-refractivity contribution in [3.8, 4) is 0 Å². The van der Waals surface area contributed by atoms with Crippen molar-refractivity contribution in [2.24, 2.45) is 22.2 Å². The first kappa shape index (κ1) is 9.00. The van der Waals surface area contributed by atoms with Gasteiger partial charge in [-0.05, 0) is 30.6 Å². The van der Waals surface area contributed by atoms with Crippen molar-refractivity contribution < 1.29 is 5.21 Å². The van der Waals surface area contributed by atoms with Gasteiger partial charge in [0.2, 0.25) is 0 Å². The molecule has 0 spiro atoms. The fourth-order valence-corrected chi connectivity index (χ4v) is 2.75. The minimum absolute atomic E-state index is 0.353. The van der Waals surface area contributed by atoms with Crippen LogP contribution < -0.4 is 5.48 Å². The Morgan fingerprint density at radius 2 is 2.15 bits per heavy atom. The molecule has 1 saturated carbocycles. The summed E-state index contributed by atoms with van der Waals surface area (Å²) in [6.45, 7) is 6.75. The van der Waals surface area contributed by atoms with Crippen LogP contribution >= 0.6 is 0 Å². The van der Waals surface area contributed by atoms with Crippen LogP contribution in [0.25, 0.3) is 0 Å². The van der Waals surface area contributed by atoms with Crippen LogP contribution in [0.2, 0.25) is 0 Å². The summed E-state index contributed by atoms with van der Waals surface area (Å²) in [7, 11) is 0. The molecule has 0 aromatic carbocycles. The lowest BCUT2D eigenvalue weighted by Gasteiger charge is -2.10. The first-order valence-corrected chi connectivity index (χ1v) is 5.02. The molecule has 3 nitrogen and oxygen atoms in total. The zero-order valence-electron chi connectivity index (χ0n) is 8.54. The second-order valence-electron chi connectivity index (χ2n) is 5.01. The zero-order chi connectivity index (χ0) is 9.64. The van der Waals surface area contributed by atoms with Crippen LogP contribution in [-0.4, -0.2) is 17.1 Å². The lowest BCUT2D eigenvalue weighted by Crippen LogP contribution is -2.21. The van der Waals surface area contributed by atoms with Crippen LogP contribution in [0.3, 0.4) is 0 Å². The third-order valence-corrected chi connectivity index (χ3v) is 3.80. The Morgan fingerprint density at radius 1 is 1.46 bits per heavy atom. The van der Waals surface area contributed by atoms with E-state index in [0.717, 1.165) is 24.1 Å². The highest BCUT2D eigenvalue weighted by Crippen LogP contribution is 2.62. The van der Waals surface area contributed by atoms with E-state index in [0.29, 0.717) is 11.5 Å². The Labute approximate surface area is 79.2 Å². The zero-order valence-corrected chi connectivity index (χ0v) is 8.54. The highest BCUT2D eigenvalue weighted by molar-refractivity contribution is 5.82. The SMILES string of the molecule is CC1CC2C(CC(NO)=N1)C2(C)C. The highest BCUT2D eigenvalue weighted by Gasteiger charge is 2.58. The van der Waals surface area contributed by atoms with E-state index in [4.69, 9.17) is 5.21 Å². The summed E-state index contributed by atoms with van der Waals surface area (Å²) in [4.78, 5) is 4.40. The van der Waals surface area contributed by atoms with Crippen LogP contribution in [0.4, 0.5) is 0 Å². The molecule has 74 valence electrons. The smallest absolute Gasteiger partial charge is 0.121 e. The number of nitrogens with one attached hydrogen (secondary N) is 1. The fraction of sp³-hybridized carbons (Fsp3) is 0.900. The third kappa shape index (κ3) is 1.35. The lowest BCUT2D eigenvalue weighted by atomic mass is 10.0. The van der Waals surface area contributed by atoms with E-state index in [1.165, 1.54) is 6.42 Å². The molecule has 2 N–H and O–H groups in total. The van der Waals surface area contributed by atoms with E-state index in [2.05, 4.69) is 31.2 Å². The van der Waals surface area contributed by atoms with E-state index in [1.807, 2.05) is 0 Å². The summed E-state index contributed by atoms with van der Waals surface area (Å²) in [5.41, 5.74) is 2.68. The van der Waals surface area contributed by atoms with Gasteiger partial charge in [0.1, 0.15) is 5.84 Å². The van der Waals surface area contributed by atoms with Gasteiger partial charge in [-0.15, -0.1) is 0 Å². The summed E-state index contributed by atoms with van der Waals surface area (Å²) in [6, 6.07) is 0.353. The quantitative estimate of drug-likeness (QED) is 0.561. The fourth-order valence-electron chi connectivity index (χ4n) is 2.75. The number of hydrogen-bond donors (Lipinski definition) is 2. The second-order valence-corrected chi connectivity index (χ2v) is 5.01. The van der Waals surface area contributed by atoms with Gasteiger partial charge in [-0.2, -0.15) is 0 Å². The predicted molar refractivity (Wildman–Crippen MR) is 51.8 cm³/mol. The van der Waals surface area contributed by atoms with E-state index >= 15 is 0 Å². The summed E-state index contributed by atoms with van der Waals surface area (Å²) < 4.78 is 0. The molecule has 0 amide bonds. The molecule has 13 heavy (non-hydrogen) atoms. The first-order valence-electron chi connectivity index (χ1n) is 5.02. The number of aliphatic imine (C=N–C) groups is 1. The van der Waals surface area contributed by atoms with Crippen LogP contribution in [0.1, 0.15) is 33.6 Å². The van der Waals surface area contributed by atoms with Gasteiger partial charge in [0.25, 0.3) is 0 Å². The minimum Gasteiger partial charge on any atom is -0.290 e. The monoisotopic (exact) mass is 182 g/mol. The maximum absolute atomic E-state index is 8.86. The Morgan fingerprint density at radius 3 is 2.77 bits per heavy atom. The van der Waals surface area contributed by atoms with Crippen molar-refractivity contribution >= 4 is 5.84 Å². The maximum Gasteiger partial charge on any atom is 0.121 e. The number of fused-ring (bicyclic) bond motifs is 1. The Kier molecular flexibility index (Phi) is 1.88. The van der Waals surface area contributed by atoms with Gasteiger partial charge in [-0.1, -0.05) is 13.8 Å². The van der Waals surface area contributed by atoms with Crippen LogP contribution in [-0.2, 0) is 0 Å². The first-order chi connectivity index (χ1) is 6.05. The number of rotatable bonds is 0. The Balaban J connectivity index is 2.13. The molecule has 0 bridgehead atoms. The predicted octanol–water partition coefficient (Wildman–Crippen LogP) is 1.82. The number of hydroxylamine groups is 1. The van der Waals surface area contributed by atoms with Crippen LogP contribution in [0.5, 0.6) is 0 Å². The molecule has 0 saturated heterocycles. The van der Waals surface area contributed by atoms with E-state index in [9.17, 15) is 0 Å². The second kappa shape index (κ2) is 2.71. The molecule has 2 aliphatic rings. The summed E-state index contributed by atoms with van der Waals surface area (Å²) in [6.07, 6.45) is 2.08. The molecule has 3 heteroatoms. The number of amidine groups is 1. The van der Waals surface area contributed by atoms with Gasteiger partial charge in [0.05, 0.1) is 0 Å². The topological polar surface area (TPSA) is 44.6 Å². The minimum atomic E-state index is 0.353. The van der Waals surface area contributed by atoms with E-state index in [1.54, 1.807) is 0 Å². The van der Waals surface area contributed by atoms with E-state index < -0.39 is 0 Å². The van der Waals surface area contributed by atoms with Crippen molar-refractivity contribution in [1.82, 2.24) is 5.48 Å². The van der Waals surface area contributed by atoms with Crippen molar-refractivity contribution in [2.45, 2.75) is 39.7 Å². The van der Waals surface area contributed by atoms with Crippen molar-refractivity contribution in [1.29, 1.82) is 0 Å². The van der Waals surface area contributed by atoms with Crippen molar-refractivity contribution in [2.75, 3.05) is 0 Å². The van der Waals surface area contributed by atoms with E-state index in [-0.39, 0.29) is 0 Å². The molecule has 3 atom stereocenters. The van der Waals surface area contributed by atoms with Gasteiger partial charge in [-0.25, -0.2) is 0 Å². The summed E-state index contributed by atoms with van der Waals surface area (Å²) >= 11 is 0. The van der Waals surface area contributed by atoms with Gasteiger partial charge >= 0.3 is 0 Å². The summed E-state index contributed by atoms with van der Waals surface area (Å²) in [5.74, 6) is 2.29. The molecule has 3 unspecified atom stereocenters. The van der Waals surface area contributed by atoms with Gasteiger partial charge in [0.15, 0.2) is 0 Å². The molecular weight excluding hydrogens is 164 g/mol. The van der Waals surface area contributed by atoms with Crippen molar-refractivity contribution in [3.05, 3.63) is 0 Å². The van der Waals surface area contributed by atoms with Gasteiger partial charge < -0.3 is 0 Å². The maximum atomic E-state index is 8.86. The van der Waals surface area contributed by atoms with Gasteiger partial charge in [-0.3, -0.25) is 15.7 Å². The average Bonchev–Trinajstić information content (AvgIpc) is 2.61. The van der Waals surface area contributed by atoms with Crippen LogP contribution in [0.15, 0.2) is 4.99 Å². The molecule has 1 aliphatic heterocycles. The van der Waals surface area contributed by atoms with Crippen molar-refractivity contribution in [3.63, 3.8) is 0 Å². The molecule has 0 aromatic heterocycles. The normalized spacial score (nSPS) is 41.5. The van der Waals surface area contributed by atoms with Gasteiger partial charge in [0, 0.05) is 12.5 Å².